The van der Waals surface area contributed by atoms with E-state index >= 15 is 0 Å². The lowest BCUT2D eigenvalue weighted by atomic mass is 10.2. The molecular weight excluding hydrogens is 591 g/mol. The fourth-order valence-electron chi connectivity index (χ4n) is 2.70. The summed E-state index contributed by atoms with van der Waals surface area (Å²) in [5.74, 6) is 0.276. The highest BCUT2D eigenvalue weighted by atomic mass is 127. The summed E-state index contributed by atoms with van der Waals surface area (Å²) in [5.41, 5.74) is 3.79. The van der Waals surface area contributed by atoms with Gasteiger partial charge in [-0.15, -0.1) is 0 Å². The van der Waals surface area contributed by atoms with E-state index in [2.05, 4.69) is 49.0 Å². The van der Waals surface area contributed by atoms with Crippen molar-refractivity contribution in [3.63, 3.8) is 0 Å². The maximum absolute atomic E-state index is 12.7. The molecule has 1 amide bonds. The van der Waals surface area contributed by atoms with Crippen molar-refractivity contribution in [1.82, 2.24) is 5.43 Å². The van der Waals surface area contributed by atoms with Crippen molar-refractivity contribution in [3.8, 4) is 17.2 Å². The number of rotatable bonds is 7. The highest BCUT2D eigenvalue weighted by molar-refractivity contribution is 14.1. The zero-order valence-electron chi connectivity index (χ0n) is 17.1. The summed E-state index contributed by atoms with van der Waals surface area (Å²) in [5, 5.41) is 4.01. The molecule has 0 aliphatic rings. The first-order valence-corrected chi connectivity index (χ1v) is 11.1. The lowest BCUT2D eigenvalue weighted by molar-refractivity contribution is 0.0733. The van der Waals surface area contributed by atoms with Gasteiger partial charge in [-0.1, -0.05) is 28.1 Å². The predicted molar refractivity (Wildman–Crippen MR) is 133 cm³/mol. The molecule has 9 heteroatoms. The second kappa shape index (κ2) is 11.1. The van der Waals surface area contributed by atoms with Crippen LogP contribution in [-0.4, -0.2) is 32.3 Å². The lowest BCUT2D eigenvalue weighted by Crippen LogP contribution is -2.18. The van der Waals surface area contributed by atoms with Crippen LogP contribution < -0.4 is 19.6 Å². The first kappa shape index (κ1) is 23.7. The predicted octanol–water partition coefficient (Wildman–Crippen LogP) is 5.05. The number of carbonyl (C=O) groups is 2. The Morgan fingerprint density at radius 3 is 2.41 bits per heavy atom. The van der Waals surface area contributed by atoms with Crippen LogP contribution in [0.5, 0.6) is 17.2 Å². The molecule has 0 bridgehead atoms. The van der Waals surface area contributed by atoms with Crippen LogP contribution in [0.25, 0.3) is 0 Å². The van der Waals surface area contributed by atoms with Crippen LogP contribution >= 0.6 is 38.5 Å². The molecule has 3 aromatic carbocycles. The number of methoxy groups -OCH3 is 2. The number of esters is 1. The van der Waals surface area contributed by atoms with Crippen LogP contribution in [0.3, 0.4) is 0 Å². The number of nitrogens with zero attached hydrogens (tertiary/aromatic N) is 1. The largest absolute Gasteiger partial charge is 0.493 e. The minimum atomic E-state index is -0.578. The van der Waals surface area contributed by atoms with Crippen molar-refractivity contribution in [3.05, 3.63) is 85.4 Å². The number of halogens is 2. The molecule has 0 saturated carbocycles. The summed E-state index contributed by atoms with van der Waals surface area (Å²) < 4.78 is 17.6. The third-order valence-corrected chi connectivity index (χ3v) is 5.72. The van der Waals surface area contributed by atoms with Crippen LogP contribution in [0.15, 0.2) is 70.2 Å². The summed E-state index contributed by atoms with van der Waals surface area (Å²) in [4.78, 5) is 25.0. The molecule has 0 radical (unpaired) electrons. The van der Waals surface area contributed by atoms with Gasteiger partial charge in [-0.3, -0.25) is 4.79 Å². The van der Waals surface area contributed by atoms with Crippen LogP contribution in [0.4, 0.5) is 0 Å². The number of amides is 1. The van der Waals surface area contributed by atoms with Gasteiger partial charge in [0.25, 0.3) is 5.91 Å². The van der Waals surface area contributed by atoms with E-state index in [1.165, 1.54) is 26.5 Å². The monoisotopic (exact) mass is 608 g/mol. The summed E-state index contributed by atoms with van der Waals surface area (Å²) in [6.45, 7) is 0. The maximum atomic E-state index is 12.7. The normalized spacial score (nSPS) is 10.6. The molecule has 0 fully saturated rings. The number of hydrazone groups is 1. The van der Waals surface area contributed by atoms with E-state index in [1.807, 2.05) is 12.1 Å². The number of benzene rings is 3. The Kier molecular flexibility index (Phi) is 8.23. The molecule has 0 saturated heterocycles. The number of hydrogen-bond acceptors (Lipinski definition) is 6. The molecule has 3 rings (SSSR count). The molecule has 32 heavy (non-hydrogen) atoms. The first-order valence-electron chi connectivity index (χ1n) is 9.24. The quantitative estimate of drug-likeness (QED) is 0.133. The second-order valence-corrected chi connectivity index (χ2v) is 8.40. The van der Waals surface area contributed by atoms with Gasteiger partial charge in [-0.05, 0) is 71.1 Å². The molecule has 3 aromatic rings. The van der Waals surface area contributed by atoms with Gasteiger partial charge in [-0.2, -0.15) is 5.10 Å². The van der Waals surface area contributed by atoms with E-state index in [-0.39, 0.29) is 11.7 Å². The summed E-state index contributed by atoms with van der Waals surface area (Å²) in [6, 6.07) is 17.0. The Bertz CT molecular complexity index is 1180. The smallest absolute Gasteiger partial charge is 0.343 e. The molecule has 0 heterocycles. The molecule has 0 aliphatic carbocycles. The fraction of sp³-hybridized carbons (Fsp3) is 0.0870. The molecular formula is C23H18BrIN2O5. The SMILES string of the molecule is COc1ccc(C(=O)Oc2ccc(Br)cc2/C=N/NC(=O)c2ccccc2I)cc1OC. The zero-order chi connectivity index (χ0) is 23.1. The third kappa shape index (κ3) is 5.86. The number of ether oxygens (including phenoxy) is 3. The van der Waals surface area contributed by atoms with Crippen LogP contribution in [0.2, 0.25) is 0 Å². The Morgan fingerprint density at radius 2 is 1.69 bits per heavy atom. The van der Waals surface area contributed by atoms with E-state index < -0.39 is 5.97 Å². The molecule has 0 spiro atoms. The average molecular weight is 609 g/mol. The Labute approximate surface area is 207 Å². The van der Waals surface area contributed by atoms with Gasteiger partial charge in [0.05, 0.1) is 31.6 Å². The molecule has 1 N–H and O–H groups in total. The van der Waals surface area contributed by atoms with Crippen molar-refractivity contribution in [1.29, 1.82) is 0 Å². The number of carbonyl (C=O) groups excluding carboxylic acids is 2. The Balaban J connectivity index is 1.78. The minimum Gasteiger partial charge on any atom is -0.493 e. The van der Waals surface area contributed by atoms with Gasteiger partial charge in [0.15, 0.2) is 11.5 Å². The standard InChI is InChI=1S/C23H18BrIN2O5/c1-30-20-9-7-14(12-21(20)31-2)23(29)32-19-10-8-16(24)11-15(19)13-26-27-22(28)17-5-3-4-6-18(17)25/h3-13H,1-2H3,(H,27,28)/b26-13+. The van der Waals surface area contributed by atoms with Crippen molar-refractivity contribution in [2.24, 2.45) is 5.10 Å². The summed E-state index contributed by atoms with van der Waals surface area (Å²) >= 11 is 5.47. The molecule has 164 valence electrons. The second-order valence-electron chi connectivity index (χ2n) is 6.32. The highest BCUT2D eigenvalue weighted by Crippen LogP contribution is 2.29. The lowest BCUT2D eigenvalue weighted by Gasteiger charge is -2.11. The van der Waals surface area contributed by atoms with E-state index in [4.69, 9.17) is 14.2 Å². The molecule has 7 nitrogen and oxygen atoms in total. The van der Waals surface area contributed by atoms with Crippen molar-refractivity contribution < 1.29 is 23.8 Å². The summed E-state index contributed by atoms with van der Waals surface area (Å²) in [6.07, 6.45) is 1.41. The molecule has 0 unspecified atom stereocenters. The summed E-state index contributed by atoms with van der Waals surface area (Å²) in [7, 11) is 3.00. The average Bonchev–Trinajstić information content (AvgIpc) is 2.80. The number of hydrogen-bond donors (Lipinski definition) is 1. The maximum Gasteiger partial charge on any atom is 0.343 e. The Hall–Kier alpha value is -2.92. The van der Waals surface area contributed by atoms with Gasteiger partial charge in [-0.25, -0.2) is 10.2 Å². The van der Waals surface area contributed by atoms with Gasteiger partial charge in [0, 0.05) is 13.6 Å². The fourth-order valence-corrected chi connectivity index (χ4v) is 3.71. The third-order valence-electron chi connectivity index (χ3n) is 4.28. The van der Waals surface area contributed by atoms with Gasteiger partial charge < -0.3 is 14.2 Å². The first-order chi connectivity index (χ1) is 15.4. The van der Waals surface area contributed by atoms with Gasteiger partial charge in [0.2, 0.25) is 0 Å². The van der Waals surface area contributed by atoms with E-state index in [0.29, 0.717) is 28.2 Å². The Morgan fingerprint density at radius 1 is 0.969 bits per heavy atom. The molecule has 0 aromatic heterocycles. The van der Waals surface area contributed by atoms with Crippen molar-refractivity contribution in [2.75, 3.05) is 14.2 Å². The van der Waals surface area contributed by atoms with Crippen molar-refractivity contribution in [2.45, 2.75) is 0 Å². The topological polar surface area (TPSA) is 86.2 Å². The van der Waals surface area contributed by atoms with Crippen LogP contribution in [0, 0.1) is 3.57 Å². The van der Waals surface area contributed by atoms with Gasteiger partial charge in [0.1, 0.15) is 5.75 Å². The van der Waals surface area contributed by atoms with Crippen LogP contribution in [-0.2, 0) is 0 Å². The zero-order valence-corrected chi connectivity index (χ0v) is 20.8. The van der Waals surface area contributed by atoms with Crippen LogP contribution in [0.1, 0.15) is 26.3 Å². The number of nitrogens with one attached hydrogen (secondary N) is 1. The highest BCUT2D eigenvalue weighted by Gasteiger charge is 2.15. The van der Waals surface area contributed by atoms with Crippen molar-refractivity contribution >= 4 is 56.6 Å². The van der Waals surface area contributed by atoms with E-state index in [0.717, 1.165) is 8.04 Å². The molecule has 0 atom stereocenters. The van der Waals surface area contributed by atoms with E-state index in [9.17, 15) is 9.59 Å². The van der Waals surface area contributed by atoms with Gasteiger partial charge >= 0.3 is 5.97 Å². The molecule has 0 aliphatic heterocycles. The minimum absolute atomic E-state index is 0.278. The van der Waals surface area contributed by atoms with E-state index in [1.54, 1.807) is 42.5 Å².